The van der Waals surface area contributed by atoms with E-state index in [1.807, 2.05) is 60.1 Å². The number of rotatable bonds is 6. The van der Waals surface area contributed by atoms with E-state index in [-0.39, 0.29) is 5.91 Å². The fraction of sp³-hybridized carbons (Fsp3) is 0.273. The number of nitrogens with one attached hydrogen (secondary N) is 1. The molecule has 1 heterocycles. The Morgan fingerprint density at radius 2 is 1.89 bits per heavy atom. The minimum absolute atomic E-state index is 0.0776. The summed E-state index contributed by atoms with van der Waals surface area (Å²) in [7, 11) is 0. The monoisotopic (exact) mass is 381 g/mol. The second-order valence-electron chi connectivity index (χ2n) is 6.60. The van der Waals surface area contributed by atoms with E-state index >= 15 is 0 Å². The van der Waals surface area contributed by atoms with Crippen LogP contribution in [0.25, 0.3) is 5.69 Å². The average Bonchev–Trinajstić information content (AvgIpc) is 2.95. The van der Waals surface area contributed by atoms with E-state index in [2.05, 4.69) is 24.3 Å². The molecule has 3 aromatic rings. The van der Waals surface area contributed by atoms with E-state index in [1.165, 1.54) is 5.56 Å². The van der Waals surface area contributed by atoms with E-state index in [1.54, 1.807) is 0 Å². The predicted octanol–water partition coefficient (Wildman–Crippen LogP) is 4.68. The molecule has 4 nitrogen and oxygen atoms in total. The summed E-state index contributed by atoms with van der Waals surface area (Å²) in [6.45, 7) is 6.82. The zero-order valence-corrected chi connectivity index (χ0v) is 16.7. The van der Waals surface area contributed by atoms with Crippen molar-refractivity contribution in [2.45, 2.75) is 33.6 Å². The molecule has 0 aliphatic heterocycles. The first-order valence-electron chi connectivity index (χ1n) is 9.17. The number of aromatic nitrogens is 2. The van der Waals surface area contributed by atoms with Crippen molar-refractivity contribution in [2.75, 3.05) is 6.54 Å². The Morgan fingerprint density at radius 3 is 2.52 bits per heavy atom. The van der Waals surface area contributed by atoms with Crippen LogP contribution in [-0.2, 0) is 12.8 Å². The Balaban J connectivity index is 1.64. The van der Waals surface area contributed by atoms with Gasteiger partial charge in [0.15, 0.2) is 0 Å². The van der Waals surface area contributed by atoms with Crippen LogP contribution in [0.2, 0.25) is 5.02 Å². The van der Waals surface area contributed by atoms with Crippen LogP contribution in [0.15, 0.2) is 48.5 Å². The van der Waals surface area contributed by atoms with Crippen LogP contribution in [0.5, 0.6) is 0 Å². The van der Waals surface area contributed by atoms with E-state index in [0.29, 0.717) is 17.1 Å². The second-order valence-corrected chi connectivity index (χ2v) is 7.03. The fourth-order valence-corrected chi connectivity index (χ4v) is 3.52. The highest BCUT2D eigenvalue weighted by atomic mass is 35.5. The minimum Gasteiger partial charge on any atom is -0.352 e. The number of carbonyl (C=O) groups excluding carboxylic acids is 1. The number of halogens is 1. The summed E-state index contributed by atoms with van der Waals surface area (Å²) in [6, 6.07) is 15.2. The third kappa shape index (κ3) is 4.40. The zero-order valence-electron chi connectivity index (χ0n) is 15.9. The molecule has 2 aromatic carbocycles. The summed E-state index contributed by atoms with van der Waals surface area (Å²) in [6.07, 6.45) is 1.71. The van der Waals surface area contributed by atoms with Crippen LogP contribution >= 0.6 is 11.6 Å². The molecule has 5 heteroatoms. The molecular formula is C22H24ClN3O. The molecule has 27 heavy (non-hydrogen) atoms. The lowest BCUT2D eigenvalue weighted by Crippen LogP contribution is -2.25. The van der Waals surface area contributed by atoms with Crippen LogP contribution in [-0.4, -0.2) is 22.2 Å². The number of amides is 1. The number of carbonyl (C=O) groups is 1. The van der Waals surface area contributed by atoms with Gasteiger partial charge in [0.25, 0.3) is 5.91 Å². The Kier molecular flexibility index (Phi) is 5.97. The molecule has 1 amide bonds. The molecule has 140 valence electrons. The summed E-state index contributed by atoms with van der Waals surface area (Å²) in [5.74, 6) is -0.0776. The van der Waals surface area contributed by atoms with Crippen molar-refractivity contribution >= 4 is 17.5 Å². The maximum absolute atomic E-state index is 12.4. The predicted molar refractivity (Wildman–Crippen MR) is 110 cm³/mol. The smallest absolute Gasteiger partial charge is 0.251 e. The minimum atomic E-state index is -0.0776. The van der Waals surface area contributed by atoms with Crippen molar-refractivity contribution in [2.24, 2.45) is 0 Å². The molecule has 0 radical (unpaired) electrons. The maximum Gasteiger partial charge on any atom is 0.251 e. The van der Waals surface area contributed by atoms with Crippen molar-refractivity contribution in [1.29, 1.82) is 0 Å². The highest BCUT2D eigenvalue weighted by Gasteiger charge is 2.12. The molecule has 1 aromatic heterocycles. The molecule has 0 atom stereocenters. The standard InChI is InChI=1S/C22H24ClN3O/c1-4-21-15(2)25-26(16(21)3)20-10-8-18(9-11-20)22(27)24-13-12-17-6-5-7-19(23)14-17/h5-11,14H,4,12-13H2,1-3H3,(H,24,27). The topological polar surface area (TPSA) is 46.9 Å². The third-order valence-electron chi connectivity index (χ3n) is 4.76. The number of nitrogens with zero attached hydrogens (tertiary/aromatic N) is 2. The molecule has 3 rings (SSSR count). The number of hydrogen-bond acceptors (Lipinski definition) is 2. The molecule has 0 saturated heterocycles. The molecule has 0 fully saturated rings. The third-order valence-corrected chi connectivity index (χ3v) is 4.99. The van der Waals surface area contributed by atoms with Gasteiger partial charge in [-0.15, -0.1) is 0 Å². The normalized spacial score (nSPS) is 10.8. The van der Waals surface area contributed by atoms with Crippen molar-refractivity contribution in [3.05, 3.63) is 81.6 Å². The Labute approximate surface area is 165 Å². The van der Waals surface area contributed by atoms with Crippen LogP contribution in [0.1, 0.15) is 39.8 Å². The largest absolute Gasteiger partial charge is 0.352 e. The summed E-state index contributed by atoms with van der Waals surface area (Å²) in [5.41, 5.74) is 6.19. The fourth-order valence-electron chi connectivity index (χ4n) is 3.31. The van der Waals surface area contributed by atoms with Crippen molar-refractivity contribution in [1.82, 2.24) is 15.1 Å². The highest BCUT2D eigenvalue weighted by Crippen LogP contribution is 2.19. The summed E-state index contributed by atoms with van der Waals surface area (Å²) in [4.78, 5) is 12.4. The van der Waals surface area contributed by atoms with Crippen LogP contribution < -0.4 is 5.32 Å². The Bertz CT molecular complexity index is 945. The number of benzene rings is 2. The van der Waals surface area contributed by atoms with E-state index < -0.39 is 0 Å². The first kappa shape index (κ1) is 19.2. The summed E-state index contributed by atoms with van der Waals surface area (Å²) >= 11 is 5.98. The molecule has 0 spiro atoms. The lowest BCUT2D eigenvalue weighted by atomic mass is 10.1. The highest BCUT2D eigenvalue weighted by molar-refractivity contribution is 6.30. The van der Waals surface area contributed by atoms with Crippen LogP contribution in [0.4, 0.5) is 0 Å². The lowest BCUT2D eigenvalue weighted by molar-refractivity contribution is 0.0954. The van der Waals surface area contributed by atoms with Gasteiger partial charge in [-0.1, -0.05) is 30.7 Å². The molecule has 0 saturated carbocycles. The number of hydrogen-bond donors (Lipinski definition) is 1. The summed E-state index contributed by atoms with van der Waals surface area (Å²) in [5, 5.41) is 8.29. The molecule has 0 bridgehead atoms. The molecule has 0 aliphatic carbocycles. The van der Waals surface area contributed by atoms with Gasteiger partial charge in [-0.25, -0.2) is 4.68 Å². The van der Waals surface area contributed by atoms with Gasteiger partial charge in [-0.05, 0) is 74.2 Å². The first-order valence-corrected chi connectivity index (χ1v) is 9.55. The second kappa shape index (κ2) is 8.40. The van der Waals surface area contributed by atoms with Crippen molar-refractivity contribution in [3.8, 4) is 5.69 Å². The molecule has 0 unspecified atom stereocenters. The van der Waals surface area contributed by atoms with E-state index in [9.17, 15) is 4.79 Å². The average molecular weight is 382 g/mol. The van der Waals surface area contributed by atoms with Crippen molar-refractivity contribution in [3.63, 3.8) is 0 Å². The van der Waals surface area contributed by atoms with Gasteiger partial charge in [0.2, 0.25) is 0 Å². The van der Waals surface area contributed by atoms with Crippen LogP contribution in [0.3, 0.4) is 0 Å². The quantitative estimate of drug-likeness (QED) is 0.674. The molecular weight excluding hydrogens is 358 g/mol. The van der Waals surface area contributed by atoms with E-state index in [4.69, 9.17) is 11.6 Å². The molecule has 0 aliphatic rings. The Hall–Kier alpha value is -2.59. The van der Waals surface area contributed by atoms with Gasteiger partial charge in [-0.3, -0.25) is 4.79 Å². The summed E-state index contributed by atoms with van der Waals surface area (Å²) < 4.78 is 1.94. The van der Waals surface area contributed by atoms with Gasteiger partial charge in [-0.2, -0.15) is 5.10 Å². The van der Waals surface area contributed by atoms with Gasteiger partial charge < -0.3 is 5.32 Å². The van der Waals surface area contributed by atoms with Gasteiger partial charge >= 0.3 is 0 Å². The molecule has 1 N–H and O–H groups in total. The Morgan fingerprint density at radius 1 is 1.15 bits per heavy atom. The SMILES string of the molecule is CCc1c(C)nn(-c2ccc(C(=O)NCCc3cccc(Cl)c3)cc2)c1C. The first-order chi connectivity index (χ1) is 13.0. The van der Waals surface area contributed by atoms with Gasteiger partial charge in [0.1, 0.15) is 0 Å². The number of aryl methyl sites for hydroxylation is 1. The lowest BCUT2D eigenvalue weighted by Gasteiger charge is -2.08. The maximum atomic E-state index is 12.4. The van der Waals surface area contributed by atoms with Crippen molar-refractivity contribution < 1.29 is 4.79 Å². The van der Waals surface area contributed by atoms with Crippen LogP contribution in [0, 0.1) is 13.8 Å². The van der Waals surface area contributed by atoms with E-state index in [0.717, 1.165) is 35.5 Å². The zero-order chi connectivity index (χ0) is 19.4. The van der Waals surface area contributed by atoms with Gasteiger partial charge in [0, 0.05) is 22.8 Å². The van der Waals surface area contributed by atoms with Gasteiger partial charge in [0.05, 0.1) is 11.4 Å².